The molecule has 1 aromatic heterocycles. The lowest BCUT2D eigenvalue weighted by molar-refractivity contribution is 0.112. The van der Waals surface area contributed by atoms with E-state index in [1.807, 2.05) is 24.6 Å². The Labute approximate surface area is 97.4 Å². The summed E-state index contributed by atoms with van der Waals surface area (Å²) in [6.07, 6.45) is 0.849. The summed E-state index contributed by atoms with van der Waals surface area (Å²) in [6, 6.07) is 3.53. The van der Waals surface area contributed by atoms with Crippen LogP contribution in [0.4, 0.5) is 0 Å². The topological polar surface area (TPSA) is 22.0 Å². The van der Waals surface area contributed by atoms with Gasteiger partial charge in [-0.25, -0.2) is 0 Å². The first-order chi connectivity index (χ1) is 7.07. The number of aldehydes is 1. The fourth-order valence-electron chi connectivity index (χ4n) is 1.78. The molecule has 0 atom stereocenters. The summed E-state index contributed by atoms with van der Waals surface area (Å²) in [7, 11) is 1.87. The number of carbonyl (C=O) groups excluding carboxylic acids is 1. The number of halogens is 2. The standard InChI is InChI=1S/C11H9Cl2NO/c1-6-8(5-15)7-3-4-9(12)10(13)11(7)14(6)2/h3-5H,1-2H3. The van der Waals surface area contributed by atoms with Gasteiger partial charge in [0.2, 0.25) is 0 Å². The Morgan fingerprint density at radius 3 is 2.60 bits per heavy atom. The average molecular weight is 242 g/mol. The Balaban J connectivity index is 3.03. The molecule has 0 N–H and O–H groups in total. The highest BCUT2D eigenvalue weighted by Crippen LogP contribution is 2.34. The van der Waals surface area contributed by atoms with Crippen molar-refractivity contribution in [3.63, 3.8) is 0 Å². The van der Waals surface area contributed by atoms with Gasteiger partial charge >= 0.3 is 0 Å². The molecule has 2 rings (SSSR count). The number of carbonyl (C=O) groups is 1. The normalized spacial score (nSPS) is 10.9. The number of fused-ring (bicyclic) bond motifs is 1. The third kappa shape index (κ3) is 1.36. The molecule has 0 bridgehead atoms. The Hall–Kier alpha value is -0.990. The van der Waals surface area contributed by atoms with Crippen molar-refractivity contribution in [2.75, 3.05) is 0 Å². The van der Waals surface area contributed by atoms with Crippen LogP contribution in [0.2, 0.25) is 10.0 Å². The van der Waals surface area contributed by atoms with E-state index in [0.717, 1.165) is 22.9 Å². The molecule has 0 saturated carbocycles. The lowest BCUT2D eigenvalue weighted by Crippen LogP contribution is -1.91. The number of rotatable bonds is 1. The highest BCUT2D eigenvalue weighted by atomic mass is 35.5. The highest BCUT2D eigenvalue weighted by Gasteiger charge is 2.15. The molecule has 0 aliphatic rings. The number of hydrogen-bond acceptors (Lipinski definition) is 1. The Kier molecular flexibility index (Phi) is 2.49. The zero-order chi connectivity index (χ0) is 11.2. The molecule has 0 radical (unpaired) electrons. The summed E-state index contributed by atoms with van der Waals surface area (Å²) in [5.74, 6) is 0. The summed E-state index contributed by atoms with van der Waals surface area (Å²) in [5, 5.41) is 1.84. The molecule has 2 aromatic rings. The molecule has 15 heavy (non-hydrogen) atoms. The van der Waals surface area contributed by atoms with Crippen molar-refractivity contribution >= 4 is 40.4 Å². The van der Waals surface area contributed by atoms with Crippen molar-refractivity contribution in [1.82, 2.24) is 4.57 Å². The number of aromatic nitrogens is 1. The molecular formula is C11H9Cl2NO. The van der Waals surface area contributed by atoms with E-state index in [2.05, 4.69) is 0 Å². The number of aryl methyl sites for hydroxylation is 1. The van der Waals surface area contributed by atoms with Crippen LogP contribution >= 0.6 is 23.2 Å². The Morgan fingerprint density at radius 2 is 2.00 bits per heavy atom. The second-order valence-electron chi connectivity index (χ2n) is 3.43. The van der Waals surface area contributed by atoms with Crippen LogP contribution in [0.15, 0.2) is 12.1 Å². The minimum absolute atomic E-state index is 0.493. The molecule has 0 spiro atoms. The van der Waals surface area contributed by atoms with Crippen LogP contribution in [-0.2, 0) is 7.05 Å². The molecule has 2 nitrogen and oxygen atoms in total. The van der Waals surface area contributed by atoms with Crippen LogP contribution in [0.5, 0.6) is 0 Å². The first-order valence-electron chi connectivity index (χ1n) is 4.46. The smallest absolute Gasteiger partial charge is 0.152 e. The average Bonchev–Trinajstić information content (AvgIpc) is 2.46. The summed E-state index contributed by atoms with van der Waals surface area (Å²) in [4.78, 5) is 11.0. The highest BCUT2D eigenvalue weighted by molar-refractivity contribution is 6.45. The van der Waals surface area contributed by atoms with Crippen molar-refractivity contribution < 1.29 is 4.79 Å². The summed E-state index contributed by atoms with van der Waals surface area (Å²) < 4.78 is 1.88. The van der Waals surface area contributed by atoms with Crippen molar-refractivity contribution in [2.24, 2.45) is 7.05 Å². The molecule has 0 aliphatic heterocycles. The van der Waals surface area contributed by atoms with Crippen LogP contribution in [0.3, 0.4) is 0 Å². The van der Waals surface area contributed by atoms with Gasteiger partial charge in [-0.1, -0.05) is 29.3 Å². The van der Waals surface area contributed by atoms with Gasteiger partial charge in [0.25, 0.3) is 0 Å². The first-order valence-corrected chi connectivity index (χ1v) is 5.21. The minimum Gasteiger partial charge on any atom is -0.346 e. The summed E-state index contributed by atoms with van der Waals surface area (Å²) in [5.41, 5.74) is 2.37. The lowest BCUT2D eigenvalue weighted by atomic mass is 10.1. The molecule has 0 amide bonds. The van der Waals surface area contributed by atoms with Crippen LogP contribution in [-0.4, -0.2) is 10.9 Å². The maximum Gasteiger partial charge on any atom is 0.152 e. The van der Waals surface area contributed by atoms with E-state index in [9.17, 15) is 4.79 Å². The van der Waals surface area contributed by atoms with Crippen molar-refractivity contribution in [2.45, 2.75) is 6.92 Å². The largest absolute Gasteiger partial charge is 0.346 e. The minimum atomic E-state index is 0.493. The first kappa shape index (κ1) is 10.5. The van der Waals surface area contributed by atoms with E-state index in [1.165, 1.54) is 0 Å². The van der Waals surface area contributed by atoms with Gasteiger partial charge in [0.05, 0.1) is 15.6 Å². The van der Waals surface area contributed by atoms with Gasteiger partial charge in [-0.05, 0) is 13.0 Å². The maximum atomic E-state index is 11.0. The third-order valence-electron chi connectivity index (χ3n) is 2.71. The van der Waals surface area contributed by atoms with Gasteiger partial charge in [-0.15, -0.1) is 0 Å². The molecule has 78 valence electrons. The zero-order valence-corrected chi connectivity index (χ0v) is 9.86. The molecular weight excluding hydrogens is 233 g/mol. The Bertz CT molecular complexity index is 557. The van der Waals surface area contributed by atoms with Crippen molar-refractivity contribution in [1.29, 1.82) is 0 Å². The third-order valence-corrected chi connectivity index (χ3v) is 3.50. The maximum absolute atomic E-state index is 11.0. The van der Waals surface area contributed by atoms with Crippen molar-refractivity contribution in [3.05, 3.63) is 33.4 Å². The van der Waals surface area contributed by atoms with E-state index in [0.29, 0.717) is 15.6 Å². The second-order valence-corrected chi connectivity index (χ2v) is 4.22. The van der Waals surface area contributed by atoms with Crippen molar-refractivity contribution in [3.8, 4) is 0 Å². The van der Waals surface area contributed by atoms with Gasteiger partial charge in [0, 0.05) is 23.7 Å². The molecule has 0 fully saturated rings. The Morgan fingerprint density at radius 1 is 1.33 bits per heavy atom. The quantitative estimate of drug-likeness (QED) is 0.700. The van der Waals surface area contributed by atoms with Crippen LogP contribution in [0.1, 0.15) is 16.1 Å². The lowest BCUT2D eigenvalue weighted by Gasteiger charge is -2.02. The van der Waals surface area contributed by atoms with E-state index in [4.69, 9.17) is 23.2 Å². The predicted octanol–water partition coefficient (Wildman–Crippen LogP) is 3.61. The fourth-order valence-corrected chi connectivity index (χ4v) is 2.22. The summed E-state index contributed by atoms with van der Waals surface area (Å²) in [6.45, 7) is 1.88. The SMILES string of the molecule is Cc1c(C=O)c2ccc(Cl)c(Cl)c2n1C. The second kappa shape index (κ2) is 3.54. The molecule has 4 heteroatoms. The molecule has 0 unspecified atom stereocenters. The van der Waals surface area contributed by atoms with Crippen LogP contribution < -0.4 is 0 Å². The molecule has 0 aliphatic carbocycles. The van der Waals surface area contributed by atoms with E-state index in [-0.39, 0.29) is 0 Å². The molecule has 0 saturated heterocycles. The van der Waals surface area contributed by atoms with Gasteiger partial charge in [-0.2, -0.15) is 0 Å². The fraction of sp³-hybridized carbons (Fsp3) is 0.182. The van der Waals surface area contributed by atoms with Crippen LogP contribution in [0, 0.1) is 6.92 Å². The number of hydrogen-bond donors (Lipinski definition) is 0. The van der Waals surface area contributed by atoms with Gasteiger partial charge in [0.15, 0.2) is 6.29 Å². The van der Waals surface area contributed by atoms with E-state index >= 15 is 0 Å². The number of nitrogens with zero attached hydrogens (tertiary/aromatic N) is 1. The van der Waals surface area contributed by atoms with E-state index in [1.54, 1.807) is 6.07 Å². The predicted molar refractivity (Wildman–Crippen MR) is 63.1 cm³/mol. The van der Waals surface area contributed by atoms with Gasteiger partial charge in [-0.3, -0.25) is 4.79 Å². The van der Waals surface area contributed by atoms with Gasteiger partial charge < -0.3 is 4.57 Å². The van der Waals surface area contributed by atoms with Crippen LogP contribution in [0.25, 0.3) is 10.9 Å². The monoisotopic (exact) mass is 241 g/mol. The molecule has 1 aromatic carbocycles. The molecule has 1 heterocycles. The van der Waals surface area contributed by atoms with Gasteiger partial charge in [0.1, 0.15) is 0 Å². The zero-order valence-electron chi connectivity index (χ0n) is 8.34. The van der Waals surface area contributed by atoms with E-state index < -0.39 is 0 Å². The summed E-state index contributed by atoms with van der Waals surface area (Å²) >= 11 is 12.0. The number of benzene rings is 1.